The predicted octanol–water partition coefficient (Wildman–Crippen LogP) is 1.77. The Bertz CT molecular complexity index is 528. The van der Waals surface area contributed by atoms with Crippen LogP contribution in [0.3, 0.4) is 0 Å². The van der Waals surface area contributed by atoms with Crippen molar-refractivity contribution in [2.75, 3.05) is 24.2 Å². The molecule has 5 heteroatoms. The van der Waals surface area contributed by atoms with Gasteiger partial charge in [0.1, 0.15) is 0 Å². The Balaban J connectivity index is 1.96. The van der Waals surface area contributed by atoms with Gasteiger partial charge >= 0.3 is 0 Å². The van der Waals surface area contributed by atoms with Crippen molar-refractivity contribution in [1.29, 1.82) is 0 Å². The van der Waals surface area contributed by atoms with Crippen LogP contribution in [0.5, 0.6) is 0 Å². The number of anilines is 1. The minimum absolute atomic E-state index is 0.504. The van der Waals surface area contributed by atoms with E-state index < -0.39 is 10.0 Å². The summed E-state index contributed by atoms with van der Waals surface area (Å²) in [6, 6.07) is 9.02. The molecule has 0 spiro atoms. The maximum Gasteiger partial charge on any atom is 0.208 e. The van der Waals surface area contributed by atoms with E-state index in [-0.39, 0.29) is 0 Å². The van der Waals surface area contributed by atoms with Gasteiger partial charge in [0.25, 0.3) is 0 Å². The fourth-order valence-corrected chi connectivity index (χ4v) is 3.12. The maximum atomic E-state index is 11.0. The number of rotatable bonds is 5. The monoisotopic (exact) mass is 282 g/mol. The van der Waals surface area contributed by atoms with E-state index in [0.29, 0.717) is 12.6 Å². The summed E-state index contributed by atoms with van der Waals surface area (Å²) in [4.78, 5) is 2.39. The summed E-state index contributed by atoms with van der Waals surface area (Å²) in [6.45, 7) is 3.63. The van der Waals surface area contributed by atoms with E-state index in [9.17, 15) is 8.42 Å². The van der Waals surface area contributed by atoms with Crippen molar-refractivity contribution in [3.63, 3.8) is 0 Å². The second-order valence-corrected chi connectivity index (χ2v) is 7.06. The SMILES string of the molecule is C[C@H]1CCc2ccccc2N1CCCNS(C)(=O)=O. The lowest BCUT2D eigenvalue weighted by atomic mass is 9.96. The Kier molecular flexibility index (Phi) is 4.47. The maximum absolute atomic E-state index is 11.0. The minimum atomic E-state index is -3.07. The number of hydrogen-bond acceptors (Lipinski definition) is 3. The van der Waals surface area contributed by atoms with Crippen LogP contribution in [0.2, 0.25) is 0 Å². The zero-order chi connectivity index (χ0) is 13.9. The topological polar surface area (TPSA) is 49.4 Å². The standard InChI is InChI=1S/C14H22N2O2S/c1-12-8-9-13-6-3-4-7-14(13)16(12)11-5-10-15-19(2,17)18/h3-4,6-7,12,15H,5,8-11H2,1-2H3/t12-/m0/s1. The summed E-state index contributed by atoms with van der Waals surface area (Å²) in [5.41, 5.74) is 2.71. The van der Waals surface area contributed by atoms with Crippen molar-refractivity contribution >= 4 is 15.7 Å². The lowest BCUT2D eigenvalue weighted by Crippen LogP contribution is -2.39. The Labute approximate surface area is 115 Å². The molecule has 0 saturated heterocycles. The first kappa shape index (κ1) is 14.3. The molecule has 1 aromatic rings. The first-order valence-corrected chi connectivity index (χ1v) is 8.66. The molecule has 0 amide bonds. The highest BCUT2D eigenvalue weighted by Crippen LogP contribution is 2.30. The third kappa shape index (κ3) is 3.94. The van der Waals surface area contributed by atoms with E-state index in [1.54, 1.807) is 0 Å². The van der Waals surface area contributed by atoms with Crippen LogP contribution in [0.4, 0.5) is 5.69 Å². The number of nitrogens with zero attached hydrogens (tertiary/aromatic N) is 1. The van der Waals surface area contributed by atoms with Gasteiger partial charge in [-0.15, -0.1) is 0 Å². The number of para-hydroxylation sites is 1. The molecule has 19 heavy (non-hydrogen) atoms. The molecule has 1 aromatic carbocycles. The fourth-order valence-electron chi connectivity index (χ4n) is 2.61. The second kappa shape index (κ2) is 5.92. The molecule has 106 valence electrons. The summed E-state index contributed by atoms with van der Waals surface area (Å²) in [6.07, 6.45) is 4.32. The first-order chi connectivity index (χ1) is 8.97. The number of fused-ring (bicyclic) bond motifs is 1. The lowest BCUT2D eigenvalue weighted by molar-refractivity contribution is 0.546. The average Bonchev–Trinajstić information content (AvgIpc) is 2.35. The minimum Gasteiger partial charge on any atom is -0.369 e. The van der Waals surface area contributed by atoms with Crippen LogP contribution in [0.25, 0.3) is 0 Å². The molecule has 0 unspecified atom stereocenters. The van der Waals surface area contributed by atoms with Crippen LogP contribution in [0.15, 0.2) is 24.3 Å². The summed E-state index contributed by atoms with van der Waals surface area (Å²) < 4.78 is 24.6. The van der Waals surface area contributed by atoms with Crippen molar-refractivity contribution in [2.24, 2.45) is 0 Å². The van der Waals surface area contributed by atoms with Gasteiger partial charge in [-0.05, 0) is 37.8 Å². The van der Waals surface area contributed by atoms with Gasteiger partial charge in [-0.3, -0.25) is 0 Å². The highest BCUT2D eigenvalue weighted by molar-refractivity contribution is 7.88. The van der Waals surface area contributed by atoms with Crippen molar-refractivity contribution in [2.45, 2.75) is 32.2 Å². The molecule has 1 heterocycles. The summed E-state index contributed by atoms with van der Waals surface area (Å²) in [7, 11) is -3.07. The molecule has 1 N–H and O–H groups in total. The summed E-state index contributed by atoms with van der Waals surface area (Å²) in [5.74, 6) is 0. The third-order valence-corrected chi connectivity index (χ3v) is 4.33. The molecule has 0 aromatic heterocycles. The van der Waals surface area contributed by atoms with Crippen LogP contribution in [0, 0.1) is 0 Å². The molecular formula is C14H22N2O2S. The van der Waals surface area contributed by atoms with E-state index in [1.165, 1.54) is 17.5 Å². The molecule has 0 aliphatic carbocycles. The molecule has 4 nitrogen and oxygen atoms in total. The van der Waals surface area contributed by atoms with E-state index in [0.717, 1.165) is 25.8 Å². The normalized spacial score (nSPS) is 19.3. The van der Waals surface area contributed by atoms with Gasteiger partial charge < -0.3 is 4.90 Å². The van der Waals surface area contributed by atoms with Crippen molar-refractivity contribution in [1.82, 2.24) is 4.72 Å². The van der Waals surface area contributed by atoms with Gasteiger partial charge in [-0.25, -0.2) is 13.1 Å². The smallest absolute Gasteiger partial charge is 0.208 e. The van der Waals surface area contributed by atoms with Crippen molar-refractivity contribution in [3.05, 3.63) is 29.8 Å². The molecule has 1 aliphatic rings. The summed E-state index contributed by atoms with van der Waals surface area (Å²) >= 11 is 0. The van der Waals surface area contributed by atoms with Gasteiger partial charge in [0.15, 0.2) is 0 Å². The predicted molar refractivity (Wildman–Crippen MR) is 79.0 cm³/mol. The van der Waals surface area contributed by atoms with E-state index >= 15 is 0 Å². The molecule has 0 saturated carbocycles. The molecule has 1 atom stereocenters. The van der Waals surface area contributed by atoms with Crippen LogP contribution in [0.1, 0.15) is 25.3 Å². The van der Waals surface area contributed by atoms with Gasteiger partial charge in [-0.2, -0.15) is 0 Å². The van der Waals surface area contributed by atoms with Gasteiger partial charge in [0, 0.05) is 24.8 Å². The molecule has 2 rings (SSSR count). The Hall–Kier alpha value is -1.07. The van der Waals surface area contributed by atoms with E-state index in [1.807, 2.05) is 0 Å². The Morgan fingerprint density at radius 2 is 2.11 bits per heavy atom. The fraction of sp³-hybridized carbons (Fsp3) is 0.571. The first-order valence-electron chi connectivity index (χ1n) is 6.76. The number of aryl methyl sites for hydroxylation is 1. The quantitative estimate of drug-likeness (QED) is 0.837. The molecular weight excluding hydrogens is 260 g/mol. The third-order valence-electron chi connectivity index (χ3n) is 3.60. The van der Waals surface area contributed by atoms with Crippen LogP contribution in [-0.4, -0.2) is 33.8 Å². The van der Waals surface area contributed by atoms with Crippen LogP contribution >= 0.6 is 0 Å². The molecule has 0 fully saturated rings. The number of benzene rings is 1. The van der Waals surface area contributed by atoms with Crippen molar-refractivity contribution < 1.29 is 8.42 Å². The molecule has 1 aliphatic heterocycles. The largest absolute Gasteiger partial charge is 0.369 e. The van der Waals surface area contributed by atoms with Gasteiger partial charge in [0.2, 0.25) is 10.0 Å². The zero-order valence-electron chi connectivity index (χ0n) is 11.6. The Morgan fingerprint density at radius 1 is 1.37 bits per heavy atom. The lowest BCUT2D eigenvalue weighted by Gasteiger charge is -2.37. The summed E-state index contributed by atoms with van der Waals surface area (Å²) in [5, 5.41) is 0. The van der Waals surface area contributed by atoms with Crippen LogP contribution in [-0.2, 0) is 16.4 Å². The van der Waals surface area contributed by atoms with Crippen LogP contribution < -0.4 is 9.62 Å². The number of hydrogen-bond donors (Lipinski definition) is 1. The number of sulfonamides is 1. The van der Waals surface area contributed by atoms with Gasteiger partial charge in [0.05, 0.1) is 6.26 Å². The second-order valence-electron chi connectivity index (χ2n) is 5.23. The average molecular weight is 282 g/mol. The van der Waals surface area contributed by atoms with Crippen molar-refractivity contribution in [3.8, 4) is 0 Å². The molecule has 0 bridgehead atoms. The molecule has 0 radical (unpaired) electrons. The van der Waals surface area contributed by atoms with E-state index in [2.05, 4.69) is 40.8 Å². The van der Waals surface area contributed by atoms with E-state index in [4.69, 9.17) is 0 Å². The highest BCUT2D eigenvalue weighted by Gasteiger charge is 2.21. The highest BCUT2D eigenvalue weighted by atomic mass is 32.2. The zero-order valence-corrected chi connectivity index (χ0v) is 12.4. The Morgan fingerprint density at radius 3 is 2.84 bits per heavy atom. The number of nitrogens with one attached hydrogen (secondary N) is 1. The van der Waals surface area contributed by atoms with Gasteiger partial charge in [-0.1, -0.05) is 18.2 Å².